The van der Waals surface area contributed by atoms with Crippen molar-refractivity contribution in [2.45, 2.75) is 18.3 Å². The number of rotatable bonds is 11. The van der Waals surface area contributed by atoms with Gasteiger partial charge in [-0.25, -0.2) is 4.79 Å². The zero-order valence-electron chi connectivity index (χ0n) is 14.1. The lowest BCUT2D eigenvalue weighted by atomic mass is 10.3. The first-order valence-electron chi connectivity index (χ1n) is 7.30. The molecule has 2 amide bonds. The lowest BCUT2D eigenvalue weighted by molar-refractivity contribution is -0.192. The maximum Gasteiger partial charge on any atom is 0.490 e. The van der Waals surface area contributed by atoms with Gasteiger partial charge in [0, 0.05) is 24.6 Å². The summed E-state index contributed by atoms with van der Waals surface area (Å²) in [5.41, 5.74) is 10.6. The fourth-order valence-corrected chi connectivity index (χ4v) is 2.79. The van der Waals surface area contributed by atoms with E-state index in [4.69, 9.17) is 31.6 Å². The molecular weight excluding hydrogens is 417 g/mol. The molecular formula is C12H23F3N4O6S2. The van der Waals surface area contributed by atoms with Crippen LogP contribution in [0.5, 0.6) is 0 Å². The molecule has 0 aromatic heterocycles. The molecule has 0 aliphatic carbocycles. The van der Waals surface area contributed by atoms with Gasteiger partial charge < -0.3 is 37.4 Å². The summed E-state index contributed by atoms with van der Waals surface area (Å²) in [5, 5.41) is 29.6. The van der Waals surface area contributed by atoms with Crippen LogP contribution in [0.3, 0.4) is 0 Å². The van der Waals surface area contributed by atoms with Gasteiger partial charge in [-0.1, -0.05) is 21.6 Å². The van der Waals surface area contributed by atoms with Gasteiger partial charge in [-0.3, -0.25) is 9.59 Å². The number of amides is 2. The Morgan fingerprint density at radius 1 is 0.889 bits per heavy atom. The third-order valence-corrected chi connectivity index (χ3v) is 4.77. The van der Waals surface area contributed by atoms with Gasteiger partial charge in [-0.05, 0) is 0 Å². The predicted octanol–water partition coefficient (Wildman–Crippen LogP) is -2.13. The lowest BCUT2D eigenvalue weighted by Crippen LogP contribution is -2.43. The van der Waals surface area contributed by atoms with Crippen molar-refractivity contribution in [1.29, 1.82) is 0 Å². The van der Waals surface area contributed by atoms with Gasteiger partial charge in [-0.15, -0.1) is 0 Å². The Bertz CT molecular complexity index is 431. The number of carbonyl (C=O) groups excluding carboxylic acids is 2. The van der Waals surface area contributed by atoms with Crippen LogP contribution in [0.15, 0.2) is 0 Å². The highest BCUT2D eigenvalue weighted by molar-refractivity contribution is 8.76. The van der Waals surface area contributed by atoms with Crippen LogP contribution >= 0.6 is 21.6 Å². The number of carboxylic acid groups (broad SMARTS) is 1. The Morgan fingerprint density at radius 3 is 1.41 bits per heavy atom. The number of alkyl halides is 3. The van der Waals surface area contributed by atoms with Crippen LogP contribution in [0.4, 0.5) is 13.2 Å². The molecule has 15 heteroatoms. The molecule has 0 fully saturated rings. The highest BCUT2D eigenvalue weighted by Crippen LogP contribution is 2.19. The molecule has 0 aliphatic rings. The van der Waals surface area contributed by atoms with Crippen molar-refractivity contribution in [3.05, 3.63) is 0 Å². The van der Waals surface area contributed by atoms with Crippen LogP contribution < -0.4 is 22.1 Å². The summed E-state index contributed by atoms with van der Waals surface area (Å²) in [4.78, 5) is 31.3. The number of carboxylic acids is 1. The van der Waals surface area contributed by atoms with Crippen molar-refractivity contribution in [2.24, 2.45) is 11.5 Å². The second kappa shape index (κ2) is 15.8. The Labute approximate surface area is 161 Å². The van der Waals surface area contributed by atoms with E-state index in [0.29, 0.717) is 24.6 Å². The summed E-state index contributed by atoms with van der Waals surface area (Å²) < 4.78 is 31.7. The maximum absolute atomic E-state index is 11.2. The smallest absolute Gasteiger partial charge is 0.475 e. The zero-order chi connectivity index (χ0) is 21.5. The fourth-order valence-electron chi connectivity index (χ4n) is 0.978. The van der Waals surface area contributed by atoms with Crippen molar-refractivity contribution in [3.63, 3.8) is 0 Å². The van der Waals surface area contributed by atoms with Crippen LogP contribution in [0.25, 0.3) is 0 Å². The minimum absolute atomic E-state index is 0.372. The van der Waals surface area contributed by atoms with Gasteiger partial charge in [0.25, 0.3) is 0 Å². The average Bonchev–Trinajstić information content (AvgIpc) is 2.61. The second-order valence-electron chi connectivity index (χ2n) is 4.61. The minimum atomic E-state index is -5.08. The molecule has 0 radical (unpaired) electrons. The van der Waals surface area contributed by atoms with E-state index in [-0.39, 0.29) is 25.0 Å². The molecule has 0 spiro atoms. The van der Waals surface area contributed by atoms with E-state index in [1.54, 1.807) is 21.6 Å². The number of halogens is 3. The first kappa shape index (κ1) is 28.0. The predicted molar refractivity (Wildman–Crippen MR) is 94.7 cm³/mol. The number of hydrogen-bond donors (Lipinski definition) is 7. The normalized spacial score (nSPS) is 13.0. The van der Waals surface area contributed by atoms with Crippen LogP contribution in [-0.2, 0) is 14.4 Å². The highest BCUT2D eigenvalue weighted by atomic mass is 33.1. The number of aliphatic hydroxyl groups is 2. The first-order valence-corrected chi connectivity index (χ1v) is 9.79. The van der Waals surface area contributed by atoms with Crippen molar-refractivity contribution in [1.82, 2.24) is 10.6 Å². The summed E-state index contributed by atoms with van der Waals surface area (Å²) >= 11 is 0. The molecule has 0 bridgehead atoms. The molecule has 2 atom stereocenters. The Hall–Kier alpha value is -1.26. The third kappa shape index (κ3) is 16.6. The van der Waals surface area contributed by atoms with E-state index < -0.39 is 24.2 Å². The Kier molecular flexibility index (Phi) is 16.3. The average molecular weight is 440 g/mol. The van der Waals surface area contributed by atoms with Crippen LogP contribution in [0, 0.1) is 0 Å². The third-order valence-electron chi connectivity index (χ3n) is 2.36. The van der Waals surface area contributed by atoms with E-state index in [1.807, 2.05) is 0 Å². The summed E-state index contributed by atoms with van der Waals surface area (Å²) in [5.74, 6) is -2.11. The number of aliphatic hydroxyl groups excluding tert-OH is 2. The number of aliphatic carboxylic acids is 1. The first-order chi connectivity index (χ1) is 12.5. The van der Waals surface area contributed by atoms with Gasteiger partial charge in [0.05, 0.1) is 13.2 Å². The van der Waals surface area contributed by atoms with E-state index in [1.165, 1.54) is 0 Å². The molecule has 160 valence electrons. The number of nitrogens with two attached hydrogens (primary N) is 2. The molecule has 27 heavy (non-hydrogen) atoms. The number of carbonyl (C=O) groups is 3. The van der Waals surface area contributed by atoms with Gasteiger partial charge in [0.2, 0.25) is 11.8 Å². The molecule has 0 aromatic carbocycles. The topological polar surface area (TPSA) is 188 Å². The standard InChI is InChI=1S/C10H22N4O4S2.C2HF3O2/c11-7(5-15)9(17)13-1-3-19-20-4-2-14-10(18)8(12)6-16;3-2(4,5)1(6)7/h7-8,15-16H,1-6,11-12H2,(H,13,17)(H,14,18);(H,6,7)/t7-,8-;/m0./s1. The quantitative estimate of drug-likeness (QED) is 0.138. The summed E-state index contributed by atoms with van der Waals surface area (Å²) in [6, 6.07) is -1.75. The van der Waals surface area contributed by atoms with E-state index in [0.717, 1.165) is 0 Å². The molecule has 0 aliphatic heterocycles. The number of hydrogen-bond acceptors (Lipinski definition) is 9. The highest BCUT2D eigenvalue weighted by Gasteiger charge is 2.38. The Morgan fingerprint density at radius 2 is 1.19 bits per heavy atom. The molecule has 10 nitrogen and oxygen atoms in total. The van der Waals surface area contributed by atoms with Crippen molar-refractivity contribution in [2.75, 3.05) is 37.8 Å². The maximum atomic E-state index is 11.2. The van der Waals surface area contributed by atoms with Crippen molar-refractivity contribution in [3.8, 4) is 0 Å². The molecule has 0 saturated heterocycles. The van der Waals surface area contributed by atoms with E-state index in [2.05, 4.69) is 10.6 Å². The summed E-state index contributed by atoms with van der Waals surface area (Å²) in [6.45, 7) is 0.185. The SMILES string of the molecule is N[C@@H](CO)C(=O)NCCSSCCNC(=O)[C@@H](N)CO.O=C(O)C(F)(F)F. The Balaban J connectivity index is 0. The fraction of sp³-hybridized carbons (Fsp3) is 0.750. The van der Waals surface area contributed by atoms with Crippen LogP contribution in [0.1, 0.15) is 0 Å². The molecule has 0 unspecified atom stereocenters. The van der Waals surface area contributed by atoms with Gasteiger partial charge in [0.15, 0.2) is 0 Å². The van der Waals surface area contributed by atoms with Crippen LogP contribution in [-0.4, -0.2) is 89.2 Å². The van der Waals surface area contributed by atoms with E-state index >= 15 is 0 Å². The van der Waals surface area contributed by atoms with Gasteiger partial charge in [-0.2, -0.15) is 13.2 Å². The van der Waals surface area contributed by atoms with Crippen molar-refractivity contribution < 1.29 is 42.9 Å². The van der Waals surface area contributed by atoms with Crippen molar-refractivity contribution >= 4 is 39.4 Å². The zero-order valence-corrected chi connectivity index (χ0v) is 15.7. The molecule has 9 N–H and O–H groups in total. The van der Waals surface area contributed by atoms with Gasteiger partial charge in [0.1, 0.15) is 12.1 Å². The molecule has 0 heterocycles. The largest absolute Gasteiger partial charge is 0.490 e. The lowest BCUT2D eigenvalue weighted by Gasteiger charge is -2.10. The van der Waals surface area contributed by atoms with Gasteiger partial charge >= 0.3 is 12.1 Å². The molecule has 0 aromatic rings. The summed E-state index contributed by atoms with van der Waals surface area (Å²) in [7, 11) is 3.09. The molecule has 0 rings (SSSR count). The van der Waals surface area contributed by atoms with E-state index in [9.17, 15) is 22.8 Å². The molecule has 0 saturated carbocycles. The summed E-state index contributed by atoms with van der Waals surface area (Å²) in [6.07, 6.45) is -5.08. The number of nitrogens with one attached hydrogen (secondary N) is 2. The second-order valence-corrected chi connectivity index (χ2v) is 7.31. The van der Waals surface area contributed by atoms with Crippen LogP contribution in [0.2, 0.25) is 0 Å². The monoisotopic (exact) mass is 440 g/mol. The minimum Gasteiger partial charge on any atom is -0.475 e.